The molecule has 0 unspecified atom stereocenters. The van der Waals surface area contributed by atoms with Crippen LogP contribution in [0.5, 0.6) is 0 Å². The number of halogens is 2. The highest BCUT2D eigenvalue weighted by atomic mass is 19.1. The van der Waals surface area contributed by atoms with Crippen LogP contribution in [-0.4, -0.2) is 43.8 Å². The van der Waals surface area contributed by atoms with Crippen LogP contribution in [0.3, 0.4) is 0 Å². The number of hydrogen-bond acceptors (Lipinski definition) is 5. The third-order valence-electron chi connectivity index (χ3n) is 4.87. The number of hydrogen-bond donors (Lipinski definition) is 3. The van der Waals surface area contributed by atoms with Crippen LogP contribution in [0.1, 0.15) is 16.1 Å². The molecule has 0 radical (unpaired) electrons. The molecule has 0 spiro atoms. The SMILES string of the molecule is O=C(N[C@@H](CO)Cc1cnccn1)c1cccc(F)c1-c1cc(-c2ccc(F)cc2)n[nH]1. The molecule has 0 saturated carbocycles. The third kappa shape index (κ3) is 4.68. The Morgan fingerprint density at radius 3 is 2.66 bits per heavy atom. The second-order valence-corrected chi connectivity index (χ2v) is 7.09. The zero-order valence-electron chi connectivity index (χ0n) is 16.8. The molecule has 4 rings (SSSR count). The number of nitrogens with zero attached hydrogens (tertiary/aromatic N) is 3. The first-order valence-electron chi connectivity index (χ1n) is 9.82. The van der Waals surface area contributed by atoms with Gasteiger partial charge in [-0.05, 0) is 42.5 Å². The van der Waals surface area contributed by atoms with Gasteiger partial charge in [-0.1, -0.05) is 6.07 Å². The van der Waals surface area contributed by atoms with Crippen molar-refractivity contribution in [2.45, 2.75) is 12.5 Å². The Kier molecular flexibility index (Phi) is 6.27. The van der Waals surface area contributed by atoms with Crippen molar-refractivity contribution in [2.75, 3.05) is 6.61 Å². The zero-order chi connectivity index (χ0) is 22.5. The van der Waals surface area contributed by atoms with E-state index in [-0.39, 0.29) is 30.0 Å². The lowest BCUT2D eigenvalue weighted by Crippen LogP contribution is -2.39. The summed E-state index contributed by atoms with van der Waals surface area (Å²) < 4.78 is 28.0. The fraction of sp³-hybridized carbons (Fsp3) is 0.130. The maximum atomic E-state index is 14.8. The van der Waals surface area contributed by atoms with Crippen molar-refractivity contribution in [3.8, 4) is 22.5 Å². The monoisotopic (exact) mass is 435 g/mol. The molecule has 2 aromatic heterocycles. The van der Waals surface area contributed by atoms with Gasteiger partial charge in [0.2, 0.25) is 0 Å². The number of aliphatic hydroxyl groups is 1. The smallest absolute Gasteiger partial charge is 0.252 e. The van der Waals surface area contributed by atoms with Gasteiger partial charge in [-0.3, -0.25) is 19.9 Å². The van der Waals surface area contributed by atoms with Gasteiger partial charge in [0.25, 0.3) is 5.91 Å². The van der Waals surface area contributed by atoms with Crippen molar-refractivity contribution >= 4 is 5.91 Å². The topological polar surface area (TPSA) is 104 Å². The summed E-state index contributed by atoms with van der Waals surface area (Å²) in [6.07, 6.45) is 4.86. The molecule has 0 bridgehead atoms. The van der Waals surface area contributed by atoms with E-state index in [1.54, 1.807) is 24.4 Å². The molecule has 32 heavy (non-hydrogen) atoms. The van der Waals surface area contributed by atoms with E-state index in [2.05, 4.69) is 25.5 Å². The van der Waals surface area contributed by atoms with Gasteiger partial charge < -0.3 is 10.4 Å². The number of amides is 1. The fourth-order valence-electron chi connectivity index (χ4n) is 3.32. The van der Waals surface area contributed by atoms with Crippen molar-refractivity contribution in [1.29, 1.82) is 0 Å². The molecule has 2 heterocycles. The number of aromatic nitrogens is 4. The molecular formula is C23H19F2N5O2. The second kappa shape index (κ2) is 9.44. The van der Waals surface area contributed by atoms with Gasteiger partial charge in [-0.15, -0.1) is 0 Å². The van der Waals surface area contributed by atoms with Gasteiger partial charge in [0.05, 0.1) is 35.3 Å². The highest BCUT2D eigenvalue weighted by Gasteiger charge is 2.21. The molecule has 7 nitrogen and oxygen atoms in total. The molecule has 162 valence electrons. The molecule has 0 fully saturated rings. The first-order valence-corrected chi connectivity index (χ1v) is 9.82. The van der Waals surface area contributed by atoms with Crippen LogP contribution in [0.2, 0.25) is 0 Å². The van der Waals surface area contributed by atoms with Crippen LogP contribution in [0.4, 0.5) is 8.78 Å². The van der Waals surface area contributed by atoms with Gasteiger partial charge in [0, 0.05) is 36.1 Å². The largest absolute Gasteiger partial charge is 0.394 e. The first kappa shape index (κ1) is 21.3. The Bertz CT molecular complexity index is 1210. The van der Waals surface area contributed by atoms with Crippen molar-refractivity contribution in [1.82, 2.24) is 25.5 Å². The normalized spacial score (nSPS) is 11.8. The van der Waals surface area contributed by atoms with Crippen LogP contribution in [0, 0.1) is 11.6 Å². The molecule has 2 aromatic carbocycles. The number of nitrogens with one attached hydrogen (secondary N) is 2. The number of aromatic amines is 1. The third-order valence-corrected chi connectivity index (χ3v) is 4.87. The average Bonchev–Trinajstić information content (AvgIpc) is 3.29. The standard InChI is InChI=1S/C23H19F2N5O2/c24-15-6-4-14(5-7-15)20-11-21(30-29-20)22-18(2-1-3-19(22)25)23(32)28-17(13-31)10-16-12-26-8-9-27-16/h1-9,11-12,17,31H,10,13H2,(H,28,32)(H,29,30)/t17-/m1/s1. The van der Waals surface area contributed by atoms with Crippen LogP contribution < -0.4 is 5.32 Å². The van der Waals surface area contributed by atoms with E-state index in [9.17, 15) is 18.7 Å². The van der Waals surface area contributed by atoms with E-state index in [0.717, 1.165) is 0 Å². The molecule has 1 amide bonds. The number of H-pyrrole nitrogens is 1. The highest BCUT2D eigenvalue weighted by Crippen LogP contribution is 2.29. The van der Waals surface area contributed by atoms with Crippen molar-refractivity contribution in [3.63, 3.8) is 0 Å². The molecule has 0 saturated heterocycles. The molecule has 9 heteroatoms. The van der Waals surface area contributed by atoms with Gasteiger partial charge in [-0.2, -0.15) is 5.10 Å². The Morgan fingerprint density at radius 2 is 1.94 bits per heavy atom. The zero-order valence-corrected chi connectivity index (χ0v) is 16.8. The Labute approximate surface area is 182 Å². The number of benzene rings is 2. The maximum absolute atomic E-state index is 14.8. The highest BCUT2D eigenvalue weighted by molar-refractivity contribution is 6.01. The first-order chi connectivity index (χ1) is 15.5. The number of aliphatic hydroxyl groups excluding tert-OH is 1. The van der Waals surface area contributed by atoms with Gasteiger partial charge in [-0.25, -0.2) is 8.78 Å². The van der Waals surface area contributed by atoms with E-state index < -0.39 is 17.8 Å². The number of rotatable bonds is 7. The predicted molar refractivity (Wildman–Crippen MR) is 113 cm³/mol. The van der Waals surface area contributed by atoms with Gasteiger partial charge in [0.1, 0.15) is 11.6 Å². The average molecular weight is 435 g/mol. The minimum atomic E-state index is -0.633. The molecule has 4 aromatic rings. The second-order valence-electron chi connectivity index (χ2n) is 7.09. The predicted octanol–water partition coefficient (Wildman–Crippen LogP) is 3.15. The Morgan fingerprint density at radius 1 is 1.12 bits per heavy atom. The lowest BCUT2D eigenvalue weighted by atomic mass is 10.0. The van der Waals surface area contributed by atoms with Crippen LogP contribution in [-0.2, 0) is 6.42 Å². The van der Waals surface area contributed by atoms with Crippen molar-refractivity contribution < 1.29 is 18.7 Å². The van der Waals surface area contributed by atoms with Crippen LogP contribution >= 0.6 is 0 Å². The fourth-order valence-corrected chi connectivity index (χ4v) is 3.32. The molecule has 1 atom stereocenters. The Hall–Kier alpha value is -3.98. The van der Waals surface area contributed by atoms with Crippen LogP contribution in [0.25, 0.3) is 22.5 Å². The van der Waals surface area contributed by atoms with Gasteiger partial charge in [0.15, 0.2) is 0 Å². The molecular weight excluding hydrogens is 416 g/mol. The number of carbonyl (C=O) groups is 1. The van der Waals surface area contributed by atoms with E-state index in [1.165, 1.54) is 42.7 Å². The summed E-state index contributed by atoms with van der Waals surface area (Å²) in [5, 5.41) is 19.3. The summed E-state index contributed by atoms with van der Waals surface area (Å²) in [6.45, 7) is -0.328. The van der Waals surface area contributed by atoms with Gasteiger partial charge >= 0.3 is 0 Å². The quantitative estimate of drug-likeness (QED) is 0.414. The van der Waals surface area contributed by atoms with Crippen molar-refractivity contribution in [2.24, 2.45) is 0 Å². The molecule has 0 aliphatic heterocycles. The van der Waals surface area contributed by atoms with E-state index >= 15 is 0 Å². The number of carbonyl (C=O) groups excluding carboxylic acids is 1. The minimum absolute atomic E-state index is 0.0436. The lowest BCUT2D eigenvalue weighted by molar-refractivity contribution is 0.0916. The maximum Gasteiger partial charge on any atom is 0.252 e. The minimum Gasteiger partial charge on any atom is -0.394 e. The summed E-state index contributed by atoms with van der Waals surface area (Å²) in [7, 11) is 0. The van der Waals surface area contributed by atoms with E-state index in [4.69, 9.17) is 0 Å². The summed E-state index contributed by atoms with van der Waals surface area (Å²) in [5.41, 5.74) is 2.14. The molecule has 3 N–H and O–H groups in total. The molecule has 0 aliphatic carbocycles. The Balaban J connectivity index is 1.60. The van der Waals surface area contributed by atoms with Crippen LogP contribution in [0.15, 0.2) is 67.1 Å². The summed E-state index contributed by atoms with van der Waals surface area (Å²) in [5.74, 6) is -1.54. The summed E-state index contributed by atoms with van der Waals surface area (Å²) in [4.78, 5) is 21.1. The van der Waals surface area contributed by atoms with Crippen molar-refractivity contribution in [3.05, 3.63) is 90.0 Å². The van der Waals surface area contributed by atoms with E-state index in [1.807, 2.05) is 0 Å². The van der Waals surface area contributed by atoms with E-state index in [0.29, 0.717) is 22.6 Å². The lowest BCUT2D eigenvalue weighted by Gasteiger charge is -2.17. The summed E-state index contributed by atoms with van der Waals surface area (Å²) >= 11 is 0. The summed E-state index contributed by atoms with van der Waals surface area (Å²) in [6, 6.07) is 10.8. The molecule has 0 aliphatic rings.